The Morgan fingerprint density at radius 3 is 2.75 bits per heavy atom. The summed E-state index contributed by atoms with van der Waals surface area (Å²) >= 11 is 0. The van der Waals surface area contributed by atoms with Gasteiger partial charge in [-0.1, -0.05) is 0 Å². The van der Waals surface area contributed by atoms with Crippen molar-refractivity contribution < 1.29 is 4.79 Å². The van der Waals surface area contributed by atoms with Gasteiger partial charge in [-0.2, -0.15) is 0 Å². The highest BCUT2D eigenvalue weighted by molar-refractivity contribution is 5.85. The Hall–Kier alpha value is -0.280. The van der Waals surface area contributed by atoms with Crippen LogP contribution in [0.1, 0.15) is 13.3 Å². The smallest absolute Gasteiger partial charge is 0.226 e. The zero-order valence-electron chi connectivity index (χ0n) is 7.67. The normalized spacial score (nSPS) is 21.7. The fraction of sp³-hybridized carbons (Fsp3) is 0.875. The summed E-state index contributed by atoms with van der Waals surface area (Å²) in [5.41, 5.74) is 0. The maximum Gasteiger partial charge on any atom is 0.226 e. The van der Waals surface area contributed by atoms with Crippen LogP contribution >= 0.6 is 12.4 Å². The lowest BCUT2D eigenvalue weighted by atomic mass is 10.1. The lowest BCUT2D eigenvalue weighted by molar-refractivity contribution is -0.133. The predicted octanol–water partition coefficient (Wildman–Crippen LogP) is 0.496. The lowest BCUT2D eigenvalue weighted by Gasteiger charge is -2.18. The third kappa shape index (κ3) is 2.64. The molecular weight excluding hydrogens is 176 g/mol. The van der Waals surface area contributed by atoms with Gasteiger partial charge in [0, 0.05) is 20.1 Å². The molecule has 0 aromatic heterocycles. The molecular formula is C8H17ClN2O. The summed E-state index contributed by atoms with van der Waals surface area (Å²) in [5.74, 6) is 0.525. The maximum atomic E-state index is 11.5. The van der Waals surface area contributed by atoms with Gasteiger partial charge in [-0.15, -0.1) is 12.4 Å². The first-order valence-electron chi connectivity index (χ1n) is 4.21. The Morgan fingerprint density at radius 1 is 1.67 bits per heavy atom. The molecule has 72 valence electrons. The number of amides is 1. The van der Waals surface area contributed by atoms with Gasteiger partial charge in [0.1, 0.15) is 0 Å². The second kappa shape index (κ2) is 5.38. The zero-order chi connectivity index (χ0) is 8.27. The van der Waals surface area contributed by atoms with Crippen molar-refractivity contribution in [2.45, 2.75) is 13.3 Å². The number of nitrogens with one attached hydrogen (secondary N) is 1. The van der Waals surface area contributed by atoms with Crippen LogP contribution in [0.15, 0.2) is 0 Å². The molecule has 0 aliphatic carbocycles. The molecule has 1 aliphatic rings. The van der Waals surface area contributed by atoms with E-state index in [-0.39, 0.29) is 24.2 Å². The van der Waals surface area contributed by atoms with Gasteiger partial charge >= 0.3 is 0 Å². The summed E-state index contributed by atoms with van der Waals surface area (Å²) in [6, 6.07) is 0. The summed E-state index contributed by atoms with van der Waals surface area (Å²) < 4.78 is 0. The molecule has 0 aromatic rings. The average molecular weight is 193 g/mol. The number of hydrogen-bond donors (Lipinski definition) is 1. The fourth-order valence-corrected chi connectivity index (χ4v) is 1.33. The lowest BCUT2D eigenvalue weighted by Crippen LogP contribution is -2.33. The van der Waals surface area contributed by atoms with E-state index in [4.69, 9.17) is 0 Å². The van der Waals surface area contributed by atoms with Gasteiger partial charge in [0.2, 0.25) is 5.91 Å². The van der Waals surface area contributed by atoms with E-state index in [9.17, 15) is 4.79 Å². The van der Waals surface area contributed by atoms with Crippen molar-refractivity contribution in [3.63, 3.8) is 0 Å². The van der Waals surface area contributed by atoms with Gasteiger partial charge in [-0.25, -0.2) is 0 Å². The van der Waals surface area contributed by atoms with Crippen molar-refractivity contribution in [1.82, 2.24) is 10.2 Å². The Bertz CT molecular complexity index is 146. The van der Waals surface area contributed by atoms with Crippen LogP contribution < -0.4 is 5.32 Å². The van der Waals surface area contributed by atoms with Gasteiger partial charge in [-0.3, -0.25) is 4.79 Å². The molecule has 0 aromatic carbocycles. The minimum atomic E-state index is 0. The number of hydrogen-bond acceptors (Lipinski definition) is 2. The van der Waals surface area contributed by atoms with E-state index in [0.717, 1.165) is 26.1 Å². The Labute approximate surface area is 79.9 Å². The van der Waals surface area contributed by atoms with E-state index < -0.39 is 0 Å². The van der Waals surface area contributed by atoms with E-state index in [2.05, 4.69) is 5.32 Å². The predicted molar refractivity (Wildman–Crippen MR) is 51.5 cm³/mol. The monoisotopic (exact) mass is 192 g/mol. The number of halogens is 1. The molecule has 0 unspecified atom stereocenters. The second-order valence-corrected chi connectivity index (χ2v) is 3.04. The summed E-state index contributed by atoms with van der Waals surface area (Å²) in [5, 5.41) is 3.18. The molecule has 3 nitrogen and oxygen atoms in total. The third-order valence-electron chi connectivity index (χ3n) is 2.26. The van der Waals surface area contributed by atoms with Crippen molar-refractivity contribution >= 4 is 18.3 Å². The fourth-order valence-electron chi connectivity index (χ4n) is 1.33. The number of carbonyl (C=O) groups excluding carboxylic acids is 1. The molecule has 1 heterocycles. The van der Waals surface area contributed by atoms with Gasteiger partial charge in [0.15, 0.2) is 0 Å². The molecule has 12 heavy (non-hydrogen) atoms. The Morgan fingerprint density at radius 2 is 2.33 bits per heavy atom. The van der Waals surface area contributed by atoms with Gasteiger partial charge in [-0.05, 0) is 19.9 Å². The summed E-state index contributed by atoms with van der Waals surface area (Å²) in [4.78, 5) is 13.3. The van der Waals surface area contributed by atoms with Crippen LogP contribution in [0.3, 0.4) is 0 Å². The zero-order valence-corrected chi connectivity index (χ0v) is 8.49. The maximum absolute atomic E-state index is 11.5. The highest BCUT2D eigenvalue weighted by Gasteiger charge is 2.24. The highest BCUT2D eigenvalue weighted by Crippen LogP contribution is 2.09. The third-order valence-corrected chi connectivity index (χ3v) is 2.26. The molecule has 0 saturated carbocycles. The number of rotatable bonds is 2. The molecule has 1 fully saturated rings. The first-order valence-corrected chi connectivity index (χ1v) is 4.21. The summed E-state index contributed by atoms with van der Waals surface area (Å²) in [7, 11) is 1.86. The number of nitrogens with zero attached hydrogens (tertiary/aromatic N) is 1. The summed E-state index contributed by atoms with van der Waals surface area (Å²) in [6.07, 6.45) is 1.00. The summed E-state index contributed by atoms with van der Waals surface area (Å²) in [6.45, 7) is 4.67. The molecule has 0 spiro atoms. The highest BCUT2D eigenvalue weighted by atomic mass is 35.5. The van der Waals surface area contributed by atoms with Crippen LogP contribution in [-0.4, -0.2) is 37.5 Å². The molecule has 0 radical (unpaired) electrons. The standard InChI is InChI=1S/C8H16N2O.ClH/c1-3-10(2)8(11)7-4-5-9-6-7;/h7,9H,3-6H2,1-2H3;1H/t7-;/m1./s1. The molecule has 4 heteroatoms. The van der Waals surface area contributed by atoms with Crippen LogP contribution in [0.5, 0.6) is 0 Å². The van der Waals surface area contributed by atoms with E-state index in [1.165, 1.54) is 0 Å². The molecule has 1 rings (SSSR count). The van der Waals surface area contributed by atoms with Crippen molar-refractivity contribution in [3.8, 4) is 0 Å². The van der Waals surface area contributed by atoms with Crippen molar-refractivity contribution in [2.75, 3.05) is 26.7 Å². The quantitative estimate of drug-likeness (QED) is 0.691. The molecule has 1 saturated heterocycles. The van der Waals surface area contributed by atoms with Crippen LogP contribution in [0.4, 0.5) is 0 Å². The van der Waals surface area contributed by atoms with E-state index in [1.54, 1.807) is 4.90 Å². The van der Waals surface area contributed by atoms with Gasteiger partial charge < -0.3 is 10.2 Å². The minimum absolute atomic E-state index is 0. The van der Waals surface area contributed by atoms with Gasteiger partial charge in [0.25, 0.3) is 0 Å². The first kappa shape index (κ1) is 11.7. The molecule has 1 N–H and O–H groups in total. The molecule has 1 atom stereocenters. The Balaban J connectivity index is 0.00000121. The van der Waals surface area contributed by atoms with E-state index in [1.807, 2.05) is 14.0 Å². The van der Waals surface area contributed by atoms with Crippen LogP contribution in [-0.2, 0) is 4.79 Å². The van der Waals surface area contributed by atoms with Crippen LogP contribution in [0.2, 0.25) is 0 Å². The Kier molecular flexibility index (Phi) is 5.25. The number of carbonyl (C=O) groups is 1. The average Bonchev–Trinajstić information content (AvgIpc) is 2.53. The van der Waals surface area contributed by atoms with Crippen molar-refractivity contribution in [3.05, 3.63) is 0 Å². The van der Waals surface area contributed by atoms with Crippen molar-refractivity contribution in [2.24, 2.45) is 5.92 Å². The minimum Gasteiger partial charge on any atom is -0.346 e. The van der Waals surface area contributed by atoms with Gasteiger partial charge in [0.05, 0.1) is 5.92 Å². The van der Waals surface area contributed by atoms with E-state index in [0.29, 0.717) is 0 Å². The largest absolute Gasteiger partial charge is 0.346 e. The SMILES string of the molecule is CCN(C)C(=O)[C@@H]1CCNC1.Cl. The topological polar surface area (TPSA) is 32.3 Å². The first-order chi connectivity index (χ1) is 5.25. The van der Waals surface area contributed by atoms with Crippen LogP contribution in [0.25, 0.3) is 0 Å². The molecule has 1 amide bonds. The van der Waals surface area contributed by atoms with Crippen molar-refractivity contribution in [1.29, 1.82) is 0 Å². The van der Waals surface area contributed by atoms with Crippen LogP contribution in [0, 0.1) is 5.92 Å². The van der Waals surface area contributed by atoms with E-state index >= 15 is 0 Å². The second-order valence-electron chi connectivity index (χ2n) is 3.04. The molecule has 1 aliphatic heterocycles. The molecule has 0 bridgehead atoms.